The van der Waals surface area contributed by atoms with Crippen LogP contribution in [0.1, 0.15) is 12.8 Å². The van der Waals surface area contributed by atoms with Gasteiger partial charge in [-0.15, -0.1) is 0 Å². The number of hydrogen-bond donors (Lipinski definition) is 2. The molecule has 6 heteroatoms. The van der Waals surface area contributed by atoms with Gasteiger partial charge in [0.25, 0.3) is 0 Å². The minimum absolute atomic E-state index is 0.202. The number of aliphatic hydroxyl groups excluding tert-OH is 1. The number of carbonyl (C=O) groups excluding carboxylic acids is 2. The van der Waals surface area contributed by atoms with E-state index in [0.717, 1.165) is 25.9 Å². The van der Waals surface area contributed by atoms with Gasteiger partial charge in [0.2, 0.25) is 5.91 Å². The van der Waals surface area contributed by atoms with E-state index < -0.39 is 6.09 Å². The maximum Gasteiger partial charge on any atom is 0.413 e. The third kappa shape index (κ3) is 4.16. The summed E-state index contributed by atoms with van der Waals surface area (Å²) in [6, 6.07) is 0. The van der Waals surface area contributed by atoms with Gasteiger partial charge in [0.1, 0.15) is 0 Å². The van der Waals surface area contributed by atoms with Crippen LogP contribution in [-0.2, 0) is 9.53 Å². The van der Waals surface area contributed by atoms with Crippen molar-refractivity contribution in [1.82, 2.24) is 10.2 Å². The summed E-state index contributed by atoms with van der Waals surface area (Å²) in [5, 5.41) is 11.1. The average Bonchev–Trinajstić information content (AvgIpc) is 2.29. The molecule has 0 aromatic rings. The first-order valence-corrected chi connectivity index (χ1v) is 5.36. The molecule has 1 aliphatic rings. The van der Waals surface area contributed by atoms with Crippen LogP contribution < -0.4 is 5.32 Å². The molecule has 0 unspecified atom stereocenters. The lowest BCUT2D eigenvalue weighted by atomic mass is 9.98. The third-order valence-electron chi connectivity index (χ3n) is 2.76. The molecule has 1 fully saturated rings. The largest absolute Gasteiger partial charge is 0.453 e. The van der Waals surface area contributed by atoms with Crippen molar-refractivity contribution in [3.8, 4) is 0 Å². The number of alkyl carbamates (subject to hydrolysis) is 1. The Kier molecular flexibility index (Phi) is 5.21. The highest BCUT2D eigenvalue weighted by atomic mass is 16.5. The molecule has 0 aliphatic carbocycles. The van der Waals surface area contributed by atoms with E-state index in [-0.39, 0.29) is 19.1 Å². The van der Waals surface area contributed by atoms with Crippen LogP contribution in [0, 0.1) is 5.92 Å². The number of methoxy groups -OCH3 is 1. The van der Waals surface area contributed by atoms with Gasteiger partial charge in [-0.25, -0.2) is 4.79 Å². The van der Waals surface area contributed by atoms with Crippen molar-refractivity contribution < 1.29 is 19.4 Å². The number of likely N-dealkylation sites (tertiary alicyclic amines) is 1. The topological polar surface area (TPSA) is 78.9 Å². The van der Waals surface area contributed by atoms with Crippen molar-refractivity contribution in [2.75, 3.05) is 33.4 Å². The Balaban J connectivity index is 2.23. The number of imide groups is 1. The van der Waals surface area contributed by atoms with Gasteiger partial charge in [0.05, 0.1) is 13.7 Å². The Morgan fingerprint density at radius 1 is 1.44 bits per heavy atom. The van der Waals surface area contributed by atoms with Crippen LogP contribution in [0.25, 0.3) is 0 Å². The second-order valence-corrected chi connectivity index (χ2v) is 3.94. The highest BCUT2D eigenvalue weighted by Crippen LogP contribution is 2.15. The monoisotopic (exact) mass is 230 g/mol. The fourth-order valence-corrected chi connectivity index (χ4v) is 1.73. The van der Waals surface area contributed by atoms with Crippen molar-refractivity contribution in [3.63, 3.8) is 0 Å². The van der Waals surface area contributed by atoms with E-state index in [2.05, 4.69) is 10.1 Å². The predicted molar refractivity (Wildman–Crippen MR) is 56.8 cm³/mol. The summed E-state index contributed by atoms with van der Waals surface area (Å²) in [5.41, 5.74) is 0. The molecule has 0 atom stereocenters. The number of aliphatic hydroxyl groups is 1. The number of piperidine rings is 1. The minimum Gasteiger partial charge on any atom is -0.453 e. The molecule has 1 saturated heterocycles. The molecule has 0 bridgehead atoms. The van der Waals surface area contributed by atoms with Gasteiger partial charge < -0.3 is 9.84 Å². The van der Waals surface area contributed by atoms with Crippen LogP contribution in [0.4, 0.5) is 4.79 Å². The zero-order valence-corrected chi connectivity index (χ0v) is 9.44. The SMILES string of the molecule is COC(=O)NC(=O)CN1CCC(CO)CC1. The maximum absolute atomic E-state index is 11.3. The maximum atomic E-state index is 11.3. The molecule has 2 amide bonds. The fourth-order valence-electron chi connectivity index (χ4n) is 1.73. The lowest BCUT2D eigenvalue weighted by molar-refractivity contribution is -0.121. The van der Waals surface area contributed by atoms with Crippen LogP contribution >= 0.6 is 0 Å². The zero-order valence-electron chi connectivity index (χ0n) is 9.44. The molecular formula is C10H18N2O4. The van der Waals surface area contributed by atoms with Crippen molar-refractivity contribution in [2.45, 2.75) is 12.8 Å². The highest BCUT2D eigenvalue weighted by molar-refractivity contribution is 5.92. The molecule has 1 rings (SSSR count). The molecule has 1 heterocycles. The first-order chi connectivity index (χ1) is 7.65. The number of carbonyl (C=O) groups is 2. The molecule has 0 aromatic carbocycles. The van der Waals surface area contributed by atoms with Crippen molar-refractivity contribution in [2.24, 2.45) is 5.92 Å². The van der Waals surface area contributed by atoms with Crippen molar-refractivity contribution >= 4 is 12.0 Å². The van der Waals surface area contributed by atoms with Crippen LogP contribution in [0.2, 0.25) is 0 Å². The molecule has 2 N–H and O–H groups in total. The first kappa shape index (κ1) is 12.9. The molecule has 0 saturated carbocycles. The van der Waals surface area contributed by atoms with Crippen LogP contribution in [0.15, 0.2) is 0 Å². The number of nitrogens with zero attached hydrogens (tertiary/aromatic N) is 1. The van der Waals surface area contributed by atoms with E-state index in [1.54, 1.807) is 0 Å². The highest BCUT2D eigenvalue weighted by Gasteiger charge is 2.20. The van der Waals surface area contributed by atoms with E-state index in [9.17, 15) is 9.59 Å². The minimum atomic E-state index is -0.727. The zero-order chi connectivity index (χ0) is 12.0. The molecule has 16 heavy (non-hydrogen) atoms. The Morgan fingerprint density at radius 3 is 2.56 bits per heavy atom. The van der Waals surface area contributed by atoms with Gasteiger partial charge in [-0.05, 0) is 31.8 Å². The second kappa shape index (κ2) is 6.44. The molecule has 1 aliphatic heterocycles. The number of amides is 2. The summed E-state index contributed by atoms with van der Waals surface area (Å²) in [7, 11) is 1.22. The summed E-state index contributed by atoms with van der Waals surface area (Å²) in [5.74, 6) is -0.00535. The van der Waals surface area contributed by atoms with E-state index in [1.165, 1.54) is 7.11 Å². The number of ether oxygens (including phenoxy) is 1. The first-order valence-electron chi connectivity index (χ1n) is 5.36. The summed E-state index contributed by atoms with van der Waals surface area (Å²) in [6.07, 6.45) is 1.06. The number of nitrogens with one attached hydrogen (secondary N) is 1. The smallest absolute Gasteiger partial charge is 0.413 e. The summed E-state index contributed by atoms with van der Waals surface area (Å²) in [4.78, 5) is 24.0. The Labute approximate surface area is 94.6 Å². The summed E-state index contributed by atoms with van der Waals surface area (Å²) in [6.45, 7) is 1.97. The Hall–Kier alpha value is -1.14. The van der Waals surface area contributed by atoms with Crippen molar-refractivity contribution in [1.29, 1.82) is 0 Å². The van der Waals surface area contributed by atoms with Crippen LogP contribution in [-0.4, -0.2) is 55.4 Å². The Morgan fingerprint density at radius 2 is 2.06 bits per heavy atom. The van der Waals surface area contributed by atoms with Gasteiger partial charge in [-0.2, -0.15) is 0 Å². The van der Waals surface area contributed by atoms with Crippen LogP contribution in [0.3, 0.4) is 0 Å². The van der Waals surface area contributed by atoms with Crippen LogP contribution in [0.5, 0.6) is 0 Å². The van der Waals surface area contributed by atoms with Gasteiger partial charge in [0.15, 0.2) is 0 Å². The lowest BCUT2D eigenvalue weighted by Gasteiger charge is -2.30. The summed E-state index contributed by atoms with van der Waals surface area (Å²) >= 11 is 0. The van der Waals surface area contributed by atoms with E-state index in [4.69, 9.17) is 5.11 Å². The third-order valence-corrected chi connectivity index (χ3v) is 2.76. The summed E-state index contributed by atoms with van der Waals surface area (Å²) < 4.78 is 4.32. The second-order valence-electron chi connectivity index (χ2n) is 3.94. The standard InChI is InChI=1S/C10H18N2O4/c1-16-10(15)11-9(14)6-12-4-2-8(7-13)3-5-12/h8,13H,2-7H2,1H3,(H,11,14,15). The van der Waals surface area contributed by atoms with E-state index in [1.807, 2.05) is 4.90 Å². The number of hydrogen-bond acceptors (Lipinski definition) is 5. The fraction of sp³-hybridized carbons (Fsp3) is 0.800. The van der Waals surface area contributed by atoms with Gasteiger partial charge in [-0.1, -0.05) is 0 Å². The molecule has 0 radical (unpaired) electrons. The van der Waals surface area contributed by atoms with E-state index >= 15 is 0 Å². The quantitative estimate of drug-likeness (QED) is 0.688. The van der Waals surface area contributed by atoms with E-state index in [0.29, 0.717) is 5.92 Å². The average molecular weight is 230 g/mol. The molecule has 0 spiro atoms. The van der Waals surface area contributed by atoms with Crippen molar-refractivity contribution in [3.05, 3.63) is 0 Å². The molecular weight excluding hydrogens is 212 g/mol. The predicted octanol–water partition coefficient (Wildman–Crippen LogP) is -0.427. The Bertz CT molecular complexity index is 249. The van der Waals surface area contributed by atoms with Gasteiger partial charge in [-0.3, -0.25) is 15.0 Å². The lowest BCUT2D eigenvalue weighted by Crippen LogP contribution is -2.43. The van der Waals surface area contributed by atoms with Gasteiger partial charge >= 0.3 is 6.09 Å². The normalized spacial score (nSPS) is 18.1. The molecule has 6 nitrogen and oxygen atoms in total. The molecule has 92 valence electrons. The van der Waals surface area contributed by atoms with Gasteiger partial charge in [0, 0.05) is 6.61 Å². The molecule has 0 aromatic heterocycles. The number of rotatable bonds is 3.